The minimum Gasteiger partial charge on any atom is -0.324 e. The summed E-state index contributed by atoms with van der Waals surface area (Å²) in [5, 5.41) is 0. The summed E-state index contributed by atoms with van der Waals surface area (Å²) >= 11 is 0. The SMILES string of the molecule is CCCCCCCCOP(=O)(O)CCCCCCCC.[Nd]. The number of hydrogen-bond acceptors (Lipinski definition) is 2. The molecule has 0 aliphatic carbocycles. The topological polar surface area (TPSA) is 46.5 Å². The first kappa shape index (κ1) is 24.7. The van der Waals surface area contributed by atoms with E-state index in [2.05, 4.69) is 13.8 Å². The molecule has 1 unspecified atom stereocenters. The summed E-state index contributed by atoms with van der Waals surface area (Å²) in [4.78, 5) is 9.69. The van der Waals surface area contributed by atoms with Crippen LogP contribution in [0, 0.1) is 40.8 Å². The second kappa shape index (κ2) is 17.8. The van der Waals surface area contributed by atoms with Crippen molar-refractivity contribution >= 4 is 7.60 Å². The fourth-order valence-electron chi connectivity index (χ4n) is 2.25. The van der Waals surface area contributed by atoms with Gasteiger partial charge in [-0.05, 0) is 12.8 Å². The van der Waals surface area contributed by atoms with Crippen LogP contribution >= 0.6 is 7.60 Å². The van der Waals surface area contributed by atoms with Crippen molar-refractivity contribution in [2.24, 2.45) is 0 Å². The Bertz CT molecular complexity index is 250. The van der Waals surface area contributed by atoms with Gasteiger partial charge in [0.15, 0.2) is 0 Å². The van der Waals surface area contributed by atoms with Crippen LogP contribution in [0.4, 0.5) is 0 Å². The van der Waals surface area contributed by atoms with Crippen molar-refractivity contribution < 1.29 is 54.8 Å². The van der Waals surface area contributed by atoms with Gasteiger partial charge in [-0.2, -0.15) is 0 Å². The first-order valence-electron chi connectivity index (χ1n) is 8.58. The van der Waals surface area contributed by atoms with Crippen LogP contribution < -0.4 is 0 Å². The molecule has 0 bridgehead atoms. The molecule has 0 aliphatic heterocycles. The molecule has 0 aromatic rings. The Morgan fingerprint density at radius 2 is 1.19 bits per heavy atom. The van der Waals surface area contributed by atoms with Gasteiger partial charge in [-0.1, -0.05) is 78.1 Å². The minimum absolute atomic E-state index is 0. The van der Waals surface area contributed by atoms with Gasteiger partial charge < -0.3 is 9.42 Å². The zero-order valence-corrected chi connectivity index (χ0v) is 18.2. The molecule has 1 atom stereocenters. The maximum atomic E-state index is 11.8. The molecule has 1 N–H and O–H groups in total. The van der Waals surface area contributed by atoms with Crippen LogP contribution in [0.25, 0.3) is 0 Å². The Hall–Kier alpha value is 1.50. The molecule has 0 aliphatic rings. The molecule has 0 aromatic carbocycles. The first-order valence-corrected chi connectivity index (χ1v) is 10.3. The molecule has 126 valence electrons. The molecule has 0 radical (unpaired) electrons. The molecule has 0 fully saturated rings. The van der Waals surface area contributed by atoms with Crippen LogP contribution in [0.1, 0.15) is 90.9 Å². The van der Waals surface area contributed by atoms with E-state index in [0.29, 0.717) is 12.8 Å². The zero-order chi connectivity index (χ0) is 15.1. The van der Waals surface area contributed by atoms with Crippen LogP contribution in [-0.4, -0.2) is 17.7 Å². The van der Waals surface area contributed by atoms with Crippen LogP contribution in [0.2, 0.25) is 0 Å². The first-order chi connectivity index (χ1) is 9.62. The van der Waals surface area contributed by atoms with E-state index < -0.39 is 7.60 Å². The predicted molar refractivity (Wildman–Crippen MR) is 87.4 cm³/mol. The molecule has 5 heteroatoms. The number of rotatable bonds is 15. The van der Waals surface area contributed by atoms with E-state index in [4.69, 9.17) is 4.52 Å². The van der Waals surface area contributed by atoms with Crippen molar-refractivity contribution in [2.75, 3.05) is 12.8 Å². The smallest absolute Gasteiger partial charge is 0.324 e. The van der Waals surface area contributed by atoms with E-state index in [1.165, 1.54) is 51.4 Å². The van der Waals surface area contributed by atoms with Gasteiger partial charge in [-0.25, -0.2) is 0 Å². The van der Waals surface area contributed by atoms with Crippen LogP contribution in [0.5, 0.6) is 0 Å². The van der Waals surface area contributed by atoms with Crippen molar-refractivity contribution in [3.8, 4) is 0 Å². The average molecular weight is 451 g/mol. The normalized spacial score (nSPS) is 13.7. The van der Waals surface area contributed by atoms with Gasteiger partial charge in [0.2, 0.25) is 0 Å². The van der Waals surface area contributed by atoms with E-state index in [-0.39, 0.29) is 40.8 Å². The second-order valence-corrected chi connectivity index (χ2v) is 7.71. The average Bonchev–Trinajstić information content (AvgIpc) is 2.41. The summed E-state index contributed by atoms with van der Waals surface area (Å²) < 4.78 is 16.9. The monoisotopic (exact) mass is 448 g/mol. The Morgan fingerprint density at radius 3 is 1.71 bits per heavy atom. The summed E-state index contributed by atoms with van der Waals surface area (Å²) in [6, 6.07) is 0. The molecule has 21 heavy (non-hydrogen) atoms. The van der Waals surface area contributed by atoms with Crippen LogP contribution in [0.15, 0.2) is 0 Å². The number of unbranched alkanes of at least 4 members (excludes halogenated alkanes) is 10. The van der Waals surface area contributed by atoms with E-state index in [1.54, 1.807) is 0 Å². The van der Waals surface area contributed by atoms with Crippen molar-refractivity contribution in [3.63, 3.8) is 0 Å². The molecule has 0 heterocycles. The maximum absolute atomic E-state index is 11.8. The van der Waals surface area contributed by atoms with E-state index in [1.807, 2.05) is 0 Å². The van der Waals surface area contributed by atoms with Crippen molar-refractivity contribution in [3.05, 3.63) is 0 Å². The van der Waals surface area contributed by atoms with Gasteiger partial charge in [0, 0.05) is 47.0 Å². The summed E-state index contributed by atoms with van der Waals surface area (Å²) in [7, 11) is -3.31. The van der Waals surface area contributed by atoms with Gasteiger partial charge in [0.05, 0.1) is 6.61 Å². The molecule has 0 rings (SSSR count). The fourth-order valence-corrected chi connectivity index (χ4v) is 3.41. The van der Waals surface area contributed by atoms with Gasteiger partial charge in [0.1, 0.15) is 0 Å². The Kier molecular flexibility index (Phi) is 21.0. The van der Waals surface area contributed by atoms with Crippen molar-refractivity contribution in [2.45, 2.75) is 90.9 Å². The van der Waals surface area contributed by atoms with Crippen LogP contribution in [0.3, 0.4) is 0 Å². The molecular formula is C16H35NdO3P. The van der Waals surface area contributed by atoms with Gasteiger partial charge in [-0.3, -0.25) is 4.57 Å². The van der Waals surface area contributed by atoms with E-state index in [9.17, 15) is 9.46 Å². The molecule has 0 aromatic heterocycles. The minimum atomic E-state index is -3.31. The standard InChI is InChI=1S/C16H35O3P.Nd/c1-3-5-7-9-11-13-15-19-20(17,18)16-14-12-10-8-6-4-2;/h3-16H2,1-2H3,(H,17,18);. The predicted octanol–water partition coefficient (Wildman–Crippen LogP) is 5.91. The van der Waals surface area contributed by atoms with Gasteiger partial charge in [-0.15, -0.1) is 0 Å². The van der Waals surface area contributed by atoms with Gasteiger partial charge >= 0.3 is 7.60 Å². The Labute approximate surface area is 165 Å². The molecule has 0 amide bonds. The third-order valence-corrected chi connectivity index (χ3v) is 5.05. The Morgan fingerprint density at radius 1 is 0.762 bits per heavy atom. The Balaban J connectivity index is 0. The van der Waals surface area contributed by atoms with Crippen molar-refractivity contribution in [1.82, 2.24) is 0 Å². The maximum Gasteiger partial charge on any atom is 0.328 e. The summed E-state index contributed by atoms with van der Waals surface area (Å²) in [6.45, 7) is 4.83. The molecular weight excluding hydrogens is 415 g/mol. The van der Waals surface area contributed by atoms with E-state index >= 15 is 0 Å². The van der Waals surface area contributed by atoms with Crippen LogP contribution in [-0.2, 0) is 9.09 Å². The van der Waals surface area contributed by atoms with Gasteiger partial charge in [0.25, 0.3) is 0 Å². The third kappa shape index (κ3) is 19.5. The quantitative estimate of drug-likeness (QED) is 0.249. The fraction of sp³-hybridized carbons (Fsp3) is 1.00. The molecule has 3 nitrogen and oxygen atoms in total. The summed E-state index contributed by atoms with van der Waals surface area (Å²) in [5.74, 6) is 0. The second-order valence-electron chi connectivity index (χ2n) is 5.73. The van der Waals surface area contributed by atoms with Crippen molar-refractivity contribution in [1.29, 1.82) is 0 Å². The largest absolute Gasteiger partial charge is 0.328 e. The van der Waals surface area contributed by atoms with E-state index in [0.717, 1.165) is 25.7 Å². The molecule has 0 spiro atoms. The number of hydrogen-bond donors (Lipinski definition) is 1. The third-order valence-electron chi connectivity index (χ3n) is 3.59. The summed E-state index contributed by atoms with van der Waals surface area (Å²) in [6.07, 6.45) is 14.1. The molecule has 0 saturated carbocycles. The molecule has 0 saturated heterocycles. The summed E-state index contributed by atoms with van der Waals surface area (Å²) in [5.41, 5.74) is 0. The zero-order valence-electron chi connectivity index (χ0n) is 14.1.